The Kier molecular flexibility index (Phi) is 16.0. The van der Waals surface area contributed by atoms with Gasteiger partial charge in [-0.05, 0) is 39.0 Å². The van der Waals surface area contributed by atoms with E-state index in [2.05, 4.69) is 19.1 Å². The molecule has 0 aliphatic carbocycles. The summed E-state index contributed by atoms with van der Waals surface area (Å²) in [5.41, 5.74) is 0. The molecule has 0 radical (unpaired) electrons. The lowest BCUT2D eigenvalue weighted by atomic mass is 10.1. The maximum absolute atomic E-state index is 11.1. The monoisotopic (exact) mass is 322 g/mol. The summed E-state index contributed by atoms with van der Waals surface area (Å²) in [6.07, 6.45) is 20.5. The quantitative estimate of drug-likeness (QED) is 0.209. The van der Waals surface area contributed by atoms with E-state index in [0.29, 0.717) is 19.4 Å². The zero-order valence-corrected chi connectivity index (χ0v) is 14.9. The number of aliphatic hydroxyl groups is 1. The van der Waals surface area contributed by atoms with Crippen molar-refractivity contribution in [1.82, 2.24) is 0 Å². The first-order valence-corrected chi connectivity index (χ1v) is 9.02. The summed E-state index contributed by atoms with van der Waals surface area (Å²) in [5.74, 6) is -0.0745. The standard InChI is InChI=1S/C20H34O3/c1-3-5-13-16-19(21)17-14-11-9-7-6-8-10-12-15-18-20(22)23-4-2/h5,9,11,13-14,17,19,21H,3-4,6-8,10,12,15-16,18H2,1-2H3/b11-9+,13-5+,17-14+. The first-order chi connectivity index (χ1) is 11.2. The van der Waals surface area contributed by atoms with Crippen molar-refractivity contribution in [1.29, 1.82) is 0 Å². The Balaban J connectivity index is 3.43. The Bertz CT molecular complexity index is 356. The van der Waals surface area contributed by atoms with Crippen molar-refractivity contribution in [2.45, 2.75) is 77.7 Å². The molecule has 3 nitrogen and oxygen atoms in total. The number of unbranched alkanes of at least 4 members (excludes halogenated alkanes) is 5. The minimum absolute atomic E-state index is 0.0745. The summed E-state index contributed by atoms with van der Waals surface area (Å²) >= 11 is 0. The number of aliphatic hydroxyl groups excluding tert-OH is 1. The predicted octanol–water partition coefficient (Wildman–Crippen LogP) is 5.11. The Hall–Kier alpha value is -1.35. The number of carbonyl (C=O) groups is 1. The fourth-order valence-corrected chi connectivity index (χ4v) is 2.14. The van der Waals surface area contributed by atoms with E-state index in [4.69, 9.17) is 4.74 Å². The van der Waals surface area contributed by atoms with Gasteiger partial charge < -0.3 is 9.84 Å². The lowest BCUT2D eigenvalue weighted by molar-refractivity contribution is -0.143. The van der Waals surface area contributed by atoms with Gasteiger partial charge in [0.25, 0.3) is 0 Å². The summed E-state index contributed by atoms with van der Waals surface area (Å²) in [5, 5.41) is 9.67. The normalized spacial score (nSPS) is 13.3. The zero-order chi connectivity index (χ0) is 17.2. The molecule has 0 aromatic rings. The van der Waals surface area contributed by atoms with Crippen molar-refractivity contribution in [2.24, 2.45) is 0 Å². The fourth-order valence-electron chi connectivity index (χ4n) is 2.14. The highest BCUT2D eigenvalue weighted by Gasteiger charge is 2.00. The summed E-state index contributed by atoms with van der Waals surface area (Å²) in [6, 6.07) is 0. The van der Waals surface area contributed by atoms with Crippen LogP contribution in [0.25, 0.3) is 0 Å². The molecule has 0 aromatic heterocycles. The van der Waals surface area contributed by atoms with Crippen LogP contribution in [0.5, 0.6) is 0 Å². The second kappa shape index (κ2) is 17.0. The first-order valence-electron chi connectivity index (χ1n) is 9.02. The van der Waals surface area contributed by atoms with E-state index in [1.54, 1.807) is 0 Å². The van der Waals surface area contributed by atoms with E-state index in [1.165, 1.54) is 19.3 Å². The second-order valence-electron chi connectivity index (χ2n) is 5.61. The molecule has 0 aromatic carbocycles. The van der Waals surface area contributed by atoms with Crippen LogP contribution in [0.1, 0.15) is 71.6 Å². The van der Waals surface area contributed by atoms with Gasteiger partial charge in [-0.1, -0.05) is 62.6 Å². The molecule has 0 fully saturated rings. The number of hydrogen-bond acceptors (Lipinski definition) is 3. The molecule has 0 aliphatic heterocycles. The van der Waals surface area contributed by atoms with Crippen LogP contribution in [0, 0.1) is 0 Å². The SMILES string of the molecule is CC/C=C/CC(O)/C=C/C=C/CCCCCCCC(=O)OCC. The molecule has 0 amide bonds. The van der Waals surface area contributed by atoms with Gasteiger partial charge in [-0.2, -0.15) is 0 Å². The third-order valence-corrected chi connectivity index (χ3v) is 3.42. The minimum Gasteiger partial charge on any atom is -0.466 e. The Morgan fingerprint density at radius 2 is 1.74 bits per heavy atom. The molecule has 0 heterocycles. The average Bonchev–Trinajstić information content (AvgIpc) is 2.53. The van der Waals surface area contributed by atoms with E-state index in [9.17, 15) is 9.90 Å². The molecular formula is C20H34O3. The van der Waals surface area contributed by atoms with Crippen LogP contribution in [0.15, 0.2) is 36.5 Å². The maximum Gasteiger partial charge on any atom is 0.305 e. The highest BCUT2D eigenvalue weighted by atomic mass is 16.5. The summed E-state index contributed by atoms with van der Waals surface area (Å²) in [7, 11) is 0. The van der Waals surface area contributed by atoms with Crippen molar-refractivity contribution in [3.05, 3.63) is 36.5 Å². The van der Waals surface area contributed by atoms with E-state index >= 15 is 0 Å². The number of ether oxygens (including phenoxy) is 1. The predicted molar refractivity (Wildman–Crippen MR) is 97.3 cm³/mol. The smallest absolute Gasteiger partial charge is 0.305 e. The van der Waals surface area contributed by atoms with Crippen LogP contribution in [-0.4, -0.2) is 23.8 Å². The van der Waals surface area contributed by atoms with Crippen molar-refractivity contribution >= 4 is 5.97 Å². The summed E-state index contributed by atoms with van der Waals surface area (Å²) in [6.45, 7) is 4.40. The highest BCUT2D eigenvalue weighted by Crippen LogP contribution is 2.08. The van der Waals surface area contributed by atoms with Crippen LogP contribution in [0.2, 0.25) is 0 Å². The average molecular weight is 322 g/mol. The molecular weight excluding hydrogens is 288 g/mol. The molecule has 0 rings (SSSR count). The molecule has 0 bridgehead atoms. The third kappa shape index (κ3) is 16.8. The molecule has 132 valence electrons. The molecule has 1 unspecified atom stereocenters. The van der Waals surface area contributed by atoms with E-state index in [0.717, 1.165) is 25.7 Å². The van der Waals surface area contributed by atoms with Crippen molar-refractivity contribution < 1.29 is 14.6 Å². The number of allylic oxidation sites excluding steroid dienone is 4. The van der Waals surface area contributed by atoms with Crippen molar-refractivity contribution in [3.63, 3.8) is 0 Å². The molecule has 23 heavy (non-hydrogen) atoms. The van der Waals surface area contributed by atoms with Gasteiger partial charge in [0.05, 0.1) is 12.7 Å². The van der Waals surface area contributed by atoms with E-state index in [-0.39, 0.29) is 12.1 Å². The molecule has 0 spiro atoms. The van der Waals surface area contributed by atoms with Gasteiger partial charge in [0.15, 0.2) is 0 Å². The number of carbonyl (C=O) groups excluding carboxylic acids is 1. The second-order valence-corrected chi connectivity index (χ2v) is 5.61. The molecule has 3 heteroatoms. The molecule has 1 N–H and O–H groups in total. The van der Waals surface area contributed by atoms with Gasteiger partial charge in [0, 0.05) is 6.42 Å². The lowest BCUT2D eigenvalue weighted by Gasteiger charge is -2.01. The lowest BCUT2D eigenvalue weighted by Crippen LogP contribution is -2.03. The largest absolute Gasteiger partial charge is 0.466 e. The van der Waals surface area contributed by atoms with Gasteiger partial charge >= 0.3 is 5.97 Å². The topological polar surface area (TPSA) is 46.5 Å². The summed E-state index contributed by atoms with van der Waals surface area (Å²) in [4.78, 5) is 11.1. The molecule has 0 aliphatic rings. The van der Waals surface area contributed by atoms with Gasteiger partial charge in [0.1, 0.15) is 0 Å². The fraction of sp³-hybridized carbons (Fsp3) is 0.650. The van der Waals surface area contributed by atoms with Crippen molar-refractivity contribution in [2.75, 3.05) is 6.61 Å². The van der Waals surface area contributed by atoms with E-state index in [1.807, 2.05) is 31.2 Å². The van der Waals surface area contributed by atoms with Crippen LogP contribution in [0.4, 0.5) is 0 Å². The van der Waals surface area contributed by atoms with Gasteiger partial charge in [-0.15, -0.1) is 0 Å². The minimum atomic E-state index is -0.387. The maximum atomic E-state index is 11.1. The molecule has 0 saturated heterocycles. The Morgan fingerprint density at radius 3 is 2.48 bits per heavy atom. The first kappa shape index (κ1) is 21.6. The Morgan fingerprint density at radius 1 is 1.00 bits per heavy atom. The number of esters is 1. The van der Waals surface area contributed by atoms with Gasteiger partial charge in [-0.3, -0.25) is 4.79 Å². The number of hydrogen-bond donors (Lipinski definition) is 1. The molecule has 0 saturated carbocycles. The van der Waals surface area contributed by atoms with Crippen LogP contribution < -0.4 is 0 Å². The van der Waals surface area contributed by atoms with Crippen molar-refractivity contribution in [3.8, 4) is 0 Å². The summed E-state index contributed by atoms with van der Waals surface area (Å²) < 4.78 is 4.89. The van der Waals surface area contributed by atoms with Gasteiger partial charge in [0.2, 0.25) is 0 Å². The van der Waals surface area contributed by atoms with Gasteiger partial charge in [-0.25, -0.2) is 0 Å². The molecule has 1 atom stereocenters. The Labute approximate surface area is 142 Å². The number of rotatable bonds is 14. The van der Waals surface area contributed by atoms with Crippen LogP contribution in [-0.2, 0) is 9.53 Å². The highest BCUT2D eigenvalue weighted by molar-refractivity contribution is 5.69. The van der Waals surface area contributed by atoms with Crippen LogP contribution in [0.3, 0.4) is 0 Å². The van der Waals surface area contributed by atoms with E-state index < -0.39 is 0 Å². The van der Waals surface area contributed by atoms with Crippen LogP contribution >= 0.6 is 0 Å². The zero-order valence-electron chi connectivity index (χ0n) is 14.9. The third-order valence-electron chi connectivity index (χ3n) is 3.42.